The van der Waals surface area contributed by atoms with Gasteiger partial charge in [-0.15, -0.1) is 0 Å². The van der Waals surface area contributed by atoms with Gasteiger partial charge in [0, 0.05) is 41.5 Å². The molecule has 4 aromatic rings. The molecule has 0 atom stereocenters. The summed E-state index contributed by atoms with van der Waals surface area (Å²) >= 11 is 0. The molecule has 0 aliphatic carbocycles. The zero-order chi connectivity index (χ0) is 16.5. The minimum absolute atomic E-state index is 0.0499. The Morgan fingerprint density at radius 1 is 1.12 bits per heavy atom. The molecule has 1 aromatic carbocycles. The van der Waals surface area contributed by atoms with Crippen molar-refractivity contribution in [3.8, 4) is 22.8 Å². The van der Waals surface area contributed by atoms with Crippen molar-refractivity contribution in [1.29, 1.82) is 0 Å². The largest absolute Gasteiger partial charge is 0.434 e. The van der Waals surface area contributed by atoms with Crippen molar-refractivity contribution in [2.75, 3.05) is 5.73 Å². The summed E-state index contributed by atoms with van der Waals surface area (Å²) in [6.07, 6.45) is 6.64. The molecule has 6 nitrogen and oxygen atoms in total. The molecule has 118 valence electrons. The molecule has 0 aliphatic rings. The maximum absolute atomic E-state index is 13.9. The van der Waals surface area contributed by atoms with Gasteiger partial charge in [0.25, 0.3) is 0 Å². The van der Waals surface area contributed by atoms with Crippen LogP contribution >= 0.6 is 0 Å². The topological polar surface area (TPSA) is 78.3 Å². The Bertz CT molecular complexity index is 1020. The van der Waals surface area contributed by atoms with Crippen LogP contribution in [0.4, 0.5) is 10.1 Å². The van der Waals surface area contributed by atoms with E-state index in [0.717, 1.165) is 11.1 Å². The molecular weight excluding hydrogens is 309 g/mol. The highest BCUT2D eigenvalue weighted by Gasteiger charge is 2.12. The Kier molecular flexibility index (Phi) is 3.31. The number of aromatic nitrogens is 4. The third kappa shape index (κ3) is 2.52. The fourth-order valence-electron chi connectivity index (χ4n) is 2.38. The van der Waals surface area contributed by atoms with Crippen molar-refractivity contribution in [2.45, 2.75) is 0 Å². The minimum Gasteiger partial charge on any atom is -0.434 e. The normalized spacial score (nSPS) is 10.9. The first-order valence-corrected chi connectivity index (χ1v) is 7.17. The first-order valence-electron chi connectivity index (χ1n) is 7.17. The van der Waals surface area contributed by atoms with Crippen LogP contribution in [-0.4, -0.2) is 19.6 Å². The van der Waals surface area contributed by atoms with Gasteiger partial charge in [-0.3, -0.25) is 4.98 Å². The summed E-state index contributed by atoms with van der Waals surface area (Å²) in [6, 6.07) is 9.89. The van der Waals surface area contributed by atoms with Gasteiger partial charge in [0.15, 0.2) is 11.6 Å². The van der Waals surface area contributed by atoms with E-state index in [0.29, 0.717) is 11.2 Å². The van der Waals surface area contributed by atoms with Gasteiger partial charge in [0.2, 0.25) is 5.88 Å². The van der Waals surface area contributed by atoms with E-state index < -0.39 is 5.82 Å². The predicted octanol–water partition coefficient (Wildman–Crippen LogP) is 3.30. The van der Waals surface area contributed by atoms with Gasteiger partial charge in [-0.2, -0.15) is 10.1 Å². The van der Waals surface area contributed by atoms with Crippen molar-refractivity contribution in [3.63, 3.8) is 0 Å². The summed E-state index contributed by atoms with van der Waals surface area (Å²) in [5, 5.41) is 4.16. The molecule has 0 unspecified atom stereocenters. The smallest absolute Gasteiger partial charge is 0.247 e. The Labute approximate surface area is 136 Å². The first-order chi connectivity index (χ1) is 11.7. The molecule has 0 amide bonds. The highest BCUT2D eigenvalue weighted by molar-refractivity contribution is 5.72. The molecule has 0 saturated heterocycles. The third-order valence-electron chi connectivity index (χ3n) is 3.53. The molecule has 3 heterocycles. The van der Waals surface area contributed by atoms with Gasteiger partial charge in [-0.1, -0.05) is 6.07 Å². The highest BCUT2D eigenvalue weighted by atomic mass is 19.1. The van der Waals surface area contributed by atoms with Crippen LogP contribution in [0.25, 0.3) is 16.6 Å². The monoisotopic (exact) mass is 321 g/mol. The highest BCUT2D eigenvalue weighted by Crippen LogP contribution is 2.30. The van der Waals surface area contributed by atoms with Crippen LogP contribution in [0.15, 0.2) is 61.3 Å². The van der Waals surface area contributed by atoms with Crippen LogP contribution in [0.3, 0.4) is 0 Å². The fraction of sp³-hybridized carbons (Fsp3) is 0. The zero-order valence-corrected chi connectivity index (χ0v) is 12.4. The number of hydrogen-bond acceptors (Lipinski definition) is 5. The number of halogens is 1. The summed E-state index contributed by atoms with van der Waals surface area (Å²) in [5.41, 5.74) is 8.34. The molecule has 7 heteroatoms. The molecular formula is C17H12FN5O. The number of anilines is 1. The van der Waals surface area contributed by atoms with E-state index >= 15 is 0 Å². The van der Waals surface area contributed by atoms with E-state index in [1.807, 2.05) is 24.4 Å². The van der Waals surface area contributed by atoms with Crippen LogP contribution in [0.1, 0.15) is 0 Å². The van der Waals surface area contributed by atoms with Crippen LogP contribution in [0.2, 0.25) is 0 Å². The van der Waals surface area contributed by atoms with Crippen LogP contribution in [0, 0.1) is 5.82 Å². The number of fused-ring (bicyclic) bond motifs is 1. The lowest BCUT2D eigenvalue weighted by Gasteiger charge is -2.07. The summed E-state index contributed by atoms with van der Waals surface area (Å²) in [7, 11) is 0. The molecule has 0 fully saturated rings. The third-order valence-corrected chi connectivity index (χ3v) is 3.53. The van der Waals surface area contributed by atoms with E-state index in [2.05, 4.69) is 15.1 Å². The lowest BCUT2D eigenvalue weighted by atomic mass is 10.1. The van der Waals surface area contributed by atoms with E-state index in [1.165, 1.54) is 18.5 Å². The molecule has 4 rings (SSSR count). The maximum atomic E-state index is 13.9. The lowest BCUT2D eigenvalue weighted by Crippen LogP contribution is -1.97. The molecule has 0 saturated carbocycles. The van der Waals surface area contributed by atoms with E-state index in [1.54, 1.807) is 23.0 Å². The fourth-order valence-corrected chi connectivity index (χ4v) is 2.38. The predicted molar refractivity (Wildman–Crippen MR) is 87.1 cm³/mol. The second kappa shape index (κ2) is 5.62. The van der Waals surface area contributed by atoms with E-state index in [9.17, 15) is 4.39 Å². The minimum atomic E-state index is -0.550. The van der Waals surface area contributed by atoms with Crippen molar-refractivity contribution >= 4 is 11.2 Å². The molecule has 0 bridgehead atoms. The standard InChI is InChI=1S/C17H12FN5O/c18-14-7-13(19)3-4-16(14)24-17-15-6-12(9-23(15)22-10-21-17)11-2-1-5-20-8-11/h1-10H,19H2. The Morgan fingerprint density at radius 3 is 2.83 bits per heavy atom. The van der Waals surface area contributed by atoms with Gasteiger partial charge < -0.3 is 10.5 Å². The van der Waals surface area contributed by atoms with Crippen molar-refractivity contribution in [2.24, 2.45) is 0 Å². The van der Waals surface area contributed by atoms with Gasteiger partial charge in [0.05, 0.1) is 0 Å². The Balaban J connectivity index is 1.77. The summed E-state index contributed by atoms with van der Waals surface area (Å²) in [5.74, 6) is -0.247. The molecule has 2 N–H and O–H groups in total. The quantitative estimate of drug-likeness (QED) is 0.586. The molecule has 3 aromatic heterocycles. The molecule has 24 heavy (non-hydrogen) atoms. The van der Waals surface area contributed by atoms with Crippen LogP contribution < -0.4 is 10.5 Å². The molecule has 0 radical (unpaired) electrons. The second-order valence-corrected chi connectivity index (χ2v) is 5.16. The second-order valence-electron chi connectivity index (χ2n) is 5.16. The number of rotatable bonds is 3. The van der Waals surface area contributed by atoms with Crippen molar-refractivity contribution in [3.05, 3.63) is 67.1 Å². The van der Waals surface area contributed by atoms with Crippen LogP contribution in [0.5, 0.6) is 11.6 Å². The summed E-state index contributed by atoms with van der Waals surface area (Å²) in [4.78, 5) is 8.21. The number of nitrogens with zero attached hydrogens (tertiary/aromatic N) is 4. The van der Waals surface area contributed by atoms with Gasteiger partial charge in [0.1, 0.15) is 11.8 Å². The average molecular weight is 321 g/mol. The number of nitrogen functional groups attached to an aromatic ring is 1. The number of nitrogens with two attached hydrogens (primary N) is 1. The van der Waals surface area contributed by atoms with Gasteiger partial charge >= 0.3 is 0 Å². The number of hydrogen-bond donors (Lipinski definition) is 1. The molecule has 0 spiro atoms. The van der Waals surface area contributed by atoms with Gasteiger partial charge in [-0.05, 0) is 24.3 Å². The number of ether oxygens (including phenoxy) is 1. The number of pyridine rings is 1. The first kappa shape index (κ1) is 14.1. The molecule has 0 aliphatic heterocycles. The lowest BCUT2D eigenvalue weighted by molar-refractivity contribution is 0.428. The maximum Gasteiger partial charge on any atom is 0.247 e. The van der Waals surface area contributed by atoms with Crippen molar-refractivity contribution < 1.29 is 9.13 Å². The Morgan fingerprint density at radius 2 is 2.04 bits per heavy atom. The summed E-state index contributed by atoms with van der Waals surface area (Å²) in [6.45, 7) is 0. The Hall–Kier alpha value is -3.48. The average Bonchev–Trinajstić information content (AvgIpc) is 3.03. The zero-order valence-electron chi connectivity index (χ0n) is 12.4. The van der Waals surface area contributed by atoms with Crippen LogP contribution in [-0.2, 0) is 0 Å². The van der Waals surface area contributed by atoms with Gasteiger partial charge in [-0.25, -0.2) is 8.91 Å². The van der Waals surface area contributed by atoms with E-state index in [4.69, 9.17) is 10.5 Å². The van der Waals surface area contributed by atoms with E-state index in [-0.39, 0.29) is 11.6 Å². The number of benzene rings is 1. The SMILES string of the molecule is Nc1ccc(Oc2ncnn3cc(-c4cccnc4)cc23)c(F)c1. The summed E-state index contributed by atoms with van der Waals surface area (Å²) < 4.78 is 21.2. The van der Waals surface area contributed by atoms with Crippen molar-refractivity contribution in [1.82, 2.24) is 19.6 Å².